The van der Waals surface area contributed by atoms with Crippen LogP contribution >= 0.6 is 12.2 Å². The molecule has 0 unspecified atom stereocenters. The number of thiocarbonyl (C=S) groups is 1. The molecule has 0 fully saturated rings. The topological polar surface area (TPSA) is 132 Å². The number of carbonyl (C=O) groups excluding carboxylic acids is 1. The van der Waals surface area contributed by atoms with Crippen molar-refractivity contribution in [3.8, 4) is 11.9 Å². The smallest absolute Gasteiger partial charge is 0.321 e. The summed E-state index contributed by atoms with van der Waals surface area (Å²) < 4.78 is 50.9. The molecule has 1 amide bonds. The number of benzene rings is 2. The number of halogens is 1. The Kier molecular flexibility index (Phi) is 7.35. The second-order valence-corrected chi connectivity index (χ2v) is 8.42. The van der Waals surface area contributed by atoms with E-state index in [4.69, 9.17) is 21.7 Å². The van der Waals surface area contributed by atoms with E-state index in [0.717, 1.165) is 6.07 Å². The van der Waals surface area contributed by atoms with E-state index < -0.39 is 21.7 Å². The molecule has 3 rings (SSSR count). The molecule has 0 saturated heterocycles. The number of sulfonamides is 1. The number of rotatable bonds is 7. The summed E-state index contributed by atoms with van der Waals surface area (Å²) in [5.74, 6) is -1.06. The highest BCUT2D eigenvalue weighted by atomic mass is 32.2. The number of nitrogens with zero attached hydrogens (tertiary/aromatic N) is 2. The van der Waals surface area contributed by atoms with Gasteiger partial charge in [-0.2, -0.15) is 9.97 Å². The van der Waals surface area contributed by atoms with E-state index in [-0.39, 0.29) is 33.3 Å². The van der Waals surface area contributed by atoms with E-state index in [0.29, 0.717) is 5.69 Å². The minimum absolute atomic E-state index is 0.0397. The Morgan fingerprint density at radius 1 is 1.03 bits per heavy atom. The zero-order valence-electron chi connectivity index (χ0n) is 17.3. The second kappa shape index (κ2) is 10.2. The van der Waals surface area contributed by atoms with Gasteiger partial charge in [-0.15, -0.1) is 0 Å². The van der Waals surface area contributed by atoms with Crippen molar-refractivity contribution in [3.63, 3.8) is 0 Å². The van der Waals surface area contributed by atoms with Crippen LogP contribution in [0.1, 0.15) is 10.4 Å². The van der Waals surface area contributed by atoms with Crippen molar-refractivity contribution in [2.75, 3.05) is 24.3 Å². The molecule has 1 aromatic heterocycles. The van der Waals surface area contributed by atoms with Gasteiger partial charge in [-0.3, -0.25) is 14.8 Å². The van der Waals surface area contributed by atoms with Crippen LogP contribution in [-0.2, 0) is 10.0 Å². The first kappa shape index (κ1) is 23.8. The third-order valence-electron chi connectivity index (χ3n) is 4.05. The van der Waals surface area contributed by atoms with Gasteiger partial charge in [-0.05, 0) is 54.7 Å². The lowest BCUT2D eigenvalue weighted by Crippen LogP contribution is -2.34. The summed E-state index contributed by atoms with van der Waals surface area (Å²) in [7, 11) is -1.28. The Bertz CT molecular complexity index is 1260. The SMILES string of the molecule is COc1cc(NS(=O)(=O)c2ccc(NC(=S)NC(=O)c3cccc(F)c3)cc2)nc(OC)n1. The minimum atomic E-state index is -3.98. The summed E-state index contributed by atoms with van der Waals surface area (Å²) in [4.78, 5) is 19.9. The van der Waals surface area contributed by atoms with Gasteiger partial charge in [0.2, 0.25) is 5.88 Å². The van der Waals surface area contributed by atoms with Crippen LogP contribution in [-0.4, -0.2) is 43.6 Å². The molecule has 0 aliphatic rings. The quantitative estimate of drug-likeness (QED) is 0.427. The third kappa shape index (κ3) is 6.33. The van der Waals surface area contributed by atoms with Gasteiger partial charge in [0.25, 0.3) is 15.9 Å². The van der Waals surface area contributed by atoms with Crippen molar-refractivity contribution >= 4 is 44.8 Å². The molecule has 1 heterocycles. The predicted octanol–water partition coefficient (Wildman–Crippen LogP) is 2.56. The molecule has 0 saturated carbocycles. The minimum Gasteiger partial charge on any atom is -0.481 e. The molecule has 0 spiro atoms. The van der Waals surface area contributed by atoms with Crippen LogP contribution in [0.5, 0.6) is 11.9 Å². The van der Waals surface area contributed by atoms with E-state index in [1.165, 1.54) is 62.8 Å². The maximum absolute atomic E-state index is 13.3. The van der Waals surface area contributed by atoms with Crippen LogP contribution in [0.15, 0.2) is 59.5 Å². The predicted molar refractivity (Wildman–Crippen MR) is 122 cm³/mol. The average Bonchev–Trinajstić information content (AvgIpc) is 2.78. The number of carbonyl (C=O) groups is 1. The number of amides is 1. The Balaban J connectivity index is 1.66. The summed E-state index contributed by atoms with van der Waals surface area (Å²) >= 11 is 5.08. The normalized spacial score (nSPS) is 10.8. The zero-order chi connectivity index (χ0) is 24.0. The van der Waals surface area contributed by atoms with Crippen molar-refractivity contribution in [2.45, 2.75) is 4.90 Å². The maximum atomic E-state index is 13.3. The van der Waals surface area contributed by atoms with E-state index in [9.17, 15) is 17.6 Å². The van der Waals surface area contributed by atoms with Gasteiger partial charge >= 0.3 is 6.01 Å². The molecule has 0 bridgehead atoms. The van der Waals surface area contributed by atoms with Gasteiger partial charge in [-0.25, -0.2) is 12.8 Å². The lowest BCUT2D eigenvalue weighted by Gasteiger charge is -2.12. The number of hydrogen-bond donors (Lipinski definition) is 3. The number of ether oxygens (including phenoxy) is 2. The molecule has 0 atom stereocenters. The van der Waals surface area contributed by atoms with Crippen molar-refractivity contribution in [3.05, 3.63) is 66.0 Å². The lowest BCUT2D eigenvalue weighted by atomic mass is 10.2. The molecule has 33 heavy (non-hydrogen) atoms. The number of hydrogen-bond acceptors (Lipinski definition) is 8. The maximum Gasteiger partial charge on any atom is 0.321 e. The molecule has 10 nitrogen and oxygen atoms in total. The molecule has 0 aliphatic heterocycles. The summed E-state index contributed by atoms with van der Waals surface area (Å²) in [5.41, 5.74) is 0.522. The van der Waals surface area contributed by atoms with E-state index in [1.54, 1.807) is 0 Å². The number of anilines is 2. The number of methoxy groups -OCH3 is 2. The summed E-state index contributed by atoms with van der Waals surface area (Å²) in [6, 6.07) is 11.9. The summed E-state index contributed by atoms with van der Waals surface area (Å²) in [6.07, 6.45) is 0. The molecule has 3 aromatic rings. The van der Waals surface area contributed by atoms with Crippen LogP contribution in [0, 0.1) is 5.82 Å². The van der Waals surface area contributed by atoms with Crippen LogP contribution in [0.25, 0.3) is 0 Å². The summed E-state index contributed by atoms with van der Waals surface area (Å²) in [5, 5.41) is 5.13. The van der Waals surface area contributed by atoms with Crippen LogP contribution in [0.4, 0.5) is 15.9 Å². The fourth-order valence-corrected chi connectivity index (χ4v) is 3.74. The van der Waals surface area contributed by atoms with E-state index >= 15 is 0 Å². The van der Waals surface area contributed by atoms with E-state index in [2.05, 4.69) is 25.3 Å². The summed E-state index contributed by atoms with van der Waals surface area (Å²) in [6.45, 7) is 0. The Morgan fingerprint density at radius 3 is 2.39 bits per heavy atom. The highest BCUT2D eigenvalue weighted by molar-refractivity contribution is 7.92. The van der Waals surface area contributed by atoms with Gasteiger partial charge in [-0.1, -0.05) is 6.07 Å². The fourth-order valence-electron chi connectivity index (χ4n) is 2.53. The molecular formula is C20H18FN5O5S2. The highest BCUT2D eigenvalue weighted by Crippen LogP contribution is 2.21. The van der Waals surface area contributed by atoms with Crippen molar-refractivity contribution < 1.29 is 27.1 Å². The van der Waals surface area contributed by atoms with Gasteiger partial charge in [0.05, 0.1) is 19.1 Å². The second-order valence-electron chi connectivity index (χ2n) is 6.33. The standard InChI is InChI=1S/C20H18FN5O5S2/c1-30-17-11-16(23-19(24-17)31-2)26-33(28,29)15-8-6-14(7-9-15)22-20(32)25-18(27)12-4-3-5-13(21)10-12/h3-11H,1-2H3,(H,23,24,26)(H2,22,25,27,32). The average molecular weight is 492 g/mol. The molecule has 2 aromatic carbocycles. The molecule has 172 valence electrons. The van der Waals surface area contributed by atoms with Crippen molar-refractivity contribution in [2.24, 2.45) is 0 Å². The Morgan fingerprint density at radius 2 is 1.76 bits per heavy atom. The number of aromatic nitrogens is 2. The van der Waals surface area contributed by atoms with Crippen molar-refractivity contribution in [1.29, 1.82) is 0 Å². The molecule has 0 radical (unpaired) electrons. The van der Waals surface area contributed by atoms with Gasteiger partial charge in [0, 0.05) is 17.3 Å². The molecule has 0 aliphatic carbocycles. The van der Waals surface area contributed by atoms with Gasteiger partial charge in [0.1, 0.15) is 5.82 Å². The fraction of sp³-hybridized carbons (Fsp3) is 0.100. The monoisotopic (exact) mass is 491 g/mol. The number of nitrogens with one attached hydrogen (secondary N) is 3. The molecular weight excluding hydrogens is 473 g/mol. The molecule has 13 heteroatoms. The first-order chi connectivity index (χ1) is 15.7. The van der Waals surface area contributed by atoms with Crippen molar-refractivity contribution in [1.82, 2.24) is 15.3 Å². The largest absolute Gasteiger partial charge is 0.481 e. The Hall–Kier alpha value is -3.84. The van der Waals surface area contributed by atoms with Crippen LogP contribution in [0.3, 0.4) is 0 Å². The van der Waals surface area contributed by atoms with Crippen LogP contribution < -0.4 is 24.8 Å². The Labute approximate surface area is 194 Å². The van der Waals surface area contributed by atoms with Crippen LogP contribution in [0.2, 0.25) is 0 Å². The molecule has 3 N–H and O–H groups in total. The third-order valence-corrected chi connectivity index (χ3v) is 5.62. The van der Waals surface area contributed by atoms with Gasteiger partial charge < -0.3 is 14.8 Å². The zero-order valence-corrected chi connectivity index (χ0v) is 19.0. The van der Waals surface area contributed by atoms with E-state index in [1.807, 2.05) is 0 Å². The lowest BCUT2D eigenvalue weighted by molar-refractivity contribution is 0.0977. The first-order valence-electron chi connectivity index (χ1n) is 9.18. The van der Waals surface area contributed by atoms with Gasteiger partial charge in [0.15, 0.2) is 10.9 Å². The highest BCUT2D eigenvalue weighted by Gasteiger charge is 2.17. The first-order valence-corrected chi connectivity index (χ1v) is 11.1.